The highest BCUT2D eigenvalue weighted by atomic mass is 16.4. The maximum Gasteiger partial charge on any atom is 0.303 e. The summed E-state index contributed by atoms with van der Waals surface area (Å²) in [4.78, 5) is 22.1. The first kappa shape index (κ1) is 14.1. The number of hydrogen-bond donors (Lipinski definition) is 2. The van der Waals surface area contributed by atoms with Crippen LogP contribution in [0.5, 0.6) is 0 Å². The number of fused-ring (bicyclic) bond motifs is 1. The minimum absolute atomic E-state index is 0.0637. The van der Waals surface area contributed by atoms with Crippen molar-refractivity contribution >= 4 is 22.8 Å². The van der Waals surface area contributed by atoms with Gasteiger partial charge in [-0.2, -0.15) is 0 Å². The molecular weight excluding hydrogens is 258 g/mol. The van der Waals surface area contributed by atoms with Gasteiger partial charge in [0.05, 0.1) is 12.7 Å². The molecule has 0 unspecified atom stereocenters. The van der Waals surface area contributed by atoms with Gasteiger partial charge < -0.3 is 14.8 Å². The van der Waals surface area contributed by atoms with E-state index < -0.39 is 5.97 Å². The SMILES string of the molecule is Cc1ccc2c(CC(=O)NCCCC(=O)O)coc2c1. The number of hydrogen-bond acceptors (Lipinski definition) is 3. The second kappa shape index (κ2) is 6.23. The summed E-state index contributed by atoms with van der Waals surface area (Å²) in [7, 11) is 0. The highest BCUT2D eigenvalue weighted by Gasteiger charge is 2.10. The monoisotopic (exact) mass is 275 g/mol. The van der Waals surface area contributed by atoms with Gasteiger partial charge in [-0.3, -0.25) is 9.59 Å². The lowest BCUT2D eigenvalue weighted by Gasteiger charge is -2.03. The number of aliphatic carboxylic acids is 1. The maximum atomic E-state index is 11.8. The van der Waals surface area contributed by atoms with Gasteiger partial charge >= 0.3 is 5.97 Å². The predicted molar refractivity (Wildman–Crippen MR) is 74.5 cm³/mol. The Balaban J connectivity index is 1.91. The Labute approximate surface area is 116 Å². The second-order valence-corrected chi connectivity index (χ2v) is 4.78. The second-order valence-electron chi connectivity index (χ2n) is 4.78. The molecule has 0 bridgehead atoms. The fourth-order valence-corrected chi connectivity index (χ4v) is 2.03. The van der Waals surface area contributed by atoms with E-state index in [0.717, 1.165) is 22.1 Å². The topological polar surface area (TPSA) is 79.5 Å². The van der Waals surface area contributed by atoms with Crippen molar-refractivity contribution in [3.05, 3.63) is 35.6 Å². The molecule has 2 N–H and O–H groups in total. The number of nitrogens with one attached hydrogen (secondary N) is 1. The Morgan fingerprint density at radius 1 is 1.35 bits per heavy atom. The van der Waals surface area contributed by atoms with Gasteiger partial charge in [0.1, 0.15) is 5.58 Å². The zero-order chi connectivity index (χ0) is 14.5. The molecular formula is C15H17NO4. The average molecular weight is 275 g/mol. The number of carbonyl (C=O) groups excluding carboxylic acids is 1. The summed E-state index contributed by atoms with van der Waals surface area (Å²) in [5.74, 6) is -0.978. The molecule has 0 saturated carbocycles. The van der Waals surface area contributed by atoms with E-state index in [9.17, 15) is 9.59 Å². The zero-order valence-corrected chi connectivity index (χ0v) is 11.3. The van der Waals surface area contributed by atoms with Crippen LogP contribution < -0.4 is 5.32 Å². The third-order valence-corrected chi connectivity index (χ3v) is 3.05. The average Bonchev–Trinajstić information content (AvgIpc) is 2.77. The summed E-state index contributed by atoms with van der Waals surface area (Å²) in [5.41, 5.74) is 2.73. The lowest BCUT2D eigenvalue weighted by molar-refractivity contribution is -0.137. The molecule has 1 heterocycles. The van der Waals surface area contributed by atoms with Crippen molar-refractivity contribution < 1.29 is 19.1 Å². The summed E-state index contributed by atoms with van der Waals surface area (Å²) in [6, 6.07) is 5.86. The third-order valence-electron chi connectivity index (χ3n) is 3.05. The fraction of sp³-hybridized carbons (Fsp3) is 0.333. The lowest BCUT2D eigenvalue weighted by Crippen LogP contribution is -2.26. The molecule has 2 aromatic rings. The molecule has 1 aromatic carbocycles. The summed E-state index contributed by atoms with van der Waals surface area (Å²) in [6.45, 7) is 2.36. The minimum Gasteiger partial charge on any atom is -0.481 e. The van der Waals surface area contributed by atoms with Gasteiger partial charge in [-0.15, -0.1) is 0 Å². The Hall–Kier alpha value is -2.30. The van der Waals surface area contributed by atoms with Crippen LogP contribution in [0.25, 0.3) is 11.0 Å². The minimum atomic E-state index is -0.851. The van der Waals surface area contributed by atoms with E-state index in [-0.39, 0.29) is 18.7 Å². The summed E-state index contributed by atoms with van der Waals surface area (Å²) < 4.78 is 5.43. The van der Waals surface area contributed by atoms with Crippen LogP contribution in [0.15, 0.2) is 28.9 Å². The van der Waals surface area contributed by atoms with Crippen molar-refractivity contribution in [1.29, 1.82) is 0 Å². The van der Waals surface area contributed by atoms with E-state index in [1.54, 1.807) is 6.26 Å². The van der Waals surface area contributed by atoms with Crippen molar-refractivity contribution in [2.75, 3.05) is 6.54 Å². The Morgan fingerprint density at radius 2 is 2.15 bits per heavy atom. The van der Waals surface area contributed by atoms with Crippen molar-refractivity contribution in [2.24, 2.45) is 0 Å². The van der Waals surface area contributed by atoms with Crippen LogP contribution >= 0.6 is 0 Å². The molecule has 0 aliphatic rings. The number of aryl methyl sites for hydroxylation is 1. The number of carboxylic acid groups (broad SMARTS) is 1. The molecule has 5 heteroatoms. The summed E-state index contributed by atoms with van der Waals surface area (Å²) >= 11 is 0. The number of carboxylic acids is 1. The van der Waals surface area contributed by atoms with E-state index in [1.165, 1.54) is 0 Å². The van der Waals surface area contributed by atoms with Crippen LogP contribution in [-0.2, 0) is 16.0 Å². The number of furan rings is 1. The molecule has 0 aliphatic heterocycles. The molecule has 0 spiro atoms. The molecule has 0 radical (unpaired) electrons. The first-order valence-corrected chi connectivity index (χ1v) is 6.51. The lowest BCUT2D eigenvalue weighted by atomic mass is 10.1. The highest BCUT2D eigenvalue weighted by molar-refractivity contribution is 5.87. The molecule has 1 amide bonds. The Bertz CT molecular complexity index is 630. The number of rotatable bonds is 6. The van der Waals surface area contributed by atoms with Gasteiger partial charge in [0.2, 0.25) is 5.91 Å². The van der Waals surface area contributed by atoms with Gasteiger partial charge in [-0.05, 0) is 25.0 Å². The van der Waals surface area contributed by atoms with Crippen molar-refractivity contribution in [2.45, 2.75) is 26.2 Å². The van der Waals surface area contributed by atoms with Crippen molar-refractivity contribution in [3.63, 3.8) is 0 Å². The Morgan fingerprint density at radius 3 is 2.90 bits per heavy atom. The summed E-state index contributed by atoms with van der Waals surface area (Å²) in [5, 5.41) is 12.2. The van der Waals surface area contributed by atoms with E-state index in [4.69, 9.17) is 9.52 Å². The third kappa shape index (κ3) is 3.60. The van der Waals surface area contributed by atoms with Gasteiger partial charge in [0, 0.05) is 23.9 Å². The molecule has 0 atom stereocenters. The standard InChI is InChI=1S/C15H17NO4/c1-10-4-5-12-11(9-20-13(12)7-10)8-14(17)16-6-2-3-15(18)19/h4-5,7,9H,2-3,6,8H2,1H3,(H,16,17)(H,18,19). The zero-order valence-electron chi connectivity index (χ0n) is 11.3. The van der Waals surface area contributed by atoms with E-state index in [1.807, 2.05) is 25.1 Å². The van der Waals surface area contributed by atoms with E-state index in [2.05, 4.69) is 5.32 Å². The summed E-state index contributed by atoms with van der Waals surface area (Å²) in [6.07, 6.45) is 2.34. The molecule has 0 fully saturated rings. The smallest absolute Gasteiger partial charge is 0.303 e. The van der Waals surface area contributed by atoms with Crippen LogP contribution in [0.4, 0.5) is 0 Å². The van der Waals surface area contributed by atoms with Gasteiger partial charge in [0.25, 0.3) is 0 Å². The molecule has 5 nitrogen and oxygen atoms in total. The molecule has 0 aliphatic carbocycles. The largest absolute Gasteiger partial charge is 0.481 e. The quantitative estimate of drug-likeness (QED) is 0.792. The molecule has 0 saturated heterocycles. The predicted octanol–water partition coefficient (Wildman–Crippen LogP) is 2.26. The Kier molecular flexibility index (Phi) is 4.40. The normalized spacial score (nSPS) is 10.7. The van der Waals surface area contributed by atoms with Gasteiger partial charge in [0.15, 0.2) is 0 Å². The van der Waals surface area contributed by atoms with E-state index in [0.29, 0.717) is 13.0 Å². The van der Waals surface area contributed by atoms with Crippen LogP contribution in [0.2, 0.25) is 0 Å². The fourth-order valence-electron chi connectivity index (χ4n) is 2.03. The number of benzene rings is 1. The molecule has 20 heavy (non-hydrogen) atoms. The molecule has 106 valence electrons. The number of amides is 1. The molecule has 1 aromatic heterocycles. The maximum absolute atomic E-state index is 11.8. The van der Waals surface area contributed by atoms with Gasteiger partial charge in [-0.25, -0.2) is 0 Å². The van der Waals surface area contributed by atoms with Crippen molar-refractivity contribution in [1.82, 2.24) is 5.32 Å². The molecule has 2 rings (SSSR count). The van der Waals surface area contributed by atoms with E-state index >= 15 is 0 Å². The number of carbonyl (C=O) groups is 2. The van der Waals surface area contributed by atoms with Crippen LogP contribution in [-0.4, -0.2) is 23.5 Å². The first-order valence-electron chi connectivity index (χ1n) is 6.51. The van der Waals surface area contributed by atoms with Crippen LogP contribution in [0.1, 0.15) is 24.0 Å². The highest BCUT2D eigenvalue weighted by Crippen LogP contribution is 2.22. The van der Waals surface area contributed by atoms with Gasteiger partial charge in [-0.1, -0.05) is 12.1 Å². The van der Waals surface area contributed by atoms with Crippen molar-refractivity contribution in [3.8, 4) is 0 Å². The van der Waals surface area contributed by atoms with Crippen LogP contribution in [0.3, 0.4) is 0 Å². The first-order chi connectivity index (χ1) is 9.56. The van der Waals surface area contributed by atoms with Crippen LogP contribution in [0, 0.1) is 6.92 Å².